The minimum absolute atomic E-state index is 0.183. The minimum atomic E-state index is -0.922. The van der Waals surface area contributed by atoms with Gasteiger partial charge in [0.25, 0.3) is 5.78 Å². The van der Waals surface area contributed by atoms with E-state index >= 15 is 0 Å². The molecule has 3 nitrogen and oxygen atoms in total. The maximum atomic E-state index is 11.3. The monoisotopic (exact) mass is 188 g/mol. The topological polar surface area (TPSA) is 43.4 Å². The smallest absolute Gasteiger partial charge is 0.380 e. The lowest BCUT2D eigenvalue weighted by Gasteiger charge is -1.99. The third-order valence-electron chi connectivity index (χ3n) is 1.51. The van der Waals surface area contributed by atoms with E-state index in [1.165, 1.54) is 0 Å². The van der Waals surface area contributed by atoms with Gasteiger partial charge in [0.15, 0.2) is 6.61 Å². The highest BCUT2D eigenvalue weighted by molar-refractivity contribution is 6.40. The van der Waals surface area contributed by atoms with Crippen LogP contribution in [0.3, 0.4) is 0 Å². The van der Waals surface area contributed by atoms with Gasteiger partial charge in [-0.25, -0.2) is 4.79 Å². The molecule has 0 aliphatic heterocycles. The zero-order chi connectivity index (χ0) is 10.4. The van der Waals surface area contributed by atoms with Gasteiger partial charge in [-0.1, -0.05) is 36.3 Å². The number of carbonyl (C=O) groups excluding carboxylic acids is 2. The van der Waals surface area contributed by atoms with Crippen LogP contribution in [0.25, 0.3) is 0 Å². The van der Waals surface area contributed by atoms with Gasteiger partial charge in [0.1, 0.15) is 0 Å². The predicted molar refractivity (Wildman–Crippen MR) is 50.6 cm³/mol. The van der Waals surface area contributed by atoms with E-state index in [9.17, 15) is 9.59 Å². The fourth-order valence-electron chi connectivity index (χ4n) is 0.880. The molecule has 0 atom stereocenters. The number of ketones is 1. The molecule has 0 unspecified atom stereocenters. The van der Waals surface area contributed by atoms with E-state index < -0.39 is 11.8 Å². The second-order valence-corrected chi connectivity index (χ2v) is 2.48. The molecule has 1 aromatic carbocycles. The molecule has 1 aromatic rings. The number of esters is 1. The van der Waals surface area contributed by atoms with Crippen molar-refractivity contribution in [2.24, 2.45) is 0 Å². The first-order valence-corrected chi connectivity index (χ1v) is 3.95. The molecular formula is C11H8O3. The summed E-state index contributed by atoms with van der Waals surface area (Å²) in [7, 11) is 0. The van der Waals surface area contributed by atoms with E-state index in [1.807, 2.05) is 0 Å². The standard InChI is InChI=1S/C11H8O3/c1-2-8-14-11(13)10(12)9-6-4-3-5-7-9/h1,3-7H,8H2. The highest BCUT2D eigenvalue weighted by Gasteiger charge is 2.16. The fraction of sp³-hybridized carbons (Fsp3) is 0.0909. The van der Waals surface area contributed by atoms with Crippen LogP contribution in [-0.4, -0.2) is 18.4 Å². The van der Waals surface area contributed by atoms with Crippen LogP contribution >= 0.6 is 0 Å². The van der Waals surface area contributed by atoms with Crippen LogP contribution in [0.5, 0.6) is 0 Å². The number of benzene rings is 1. The summed E-state index contributed by atoms with van der Waals surface area (Å²) in [6, 6.07) is 8.17. The lowest BCUT2D eigenvalue weighted by Crippen LogP contribution is -2.17. The van der Waals surface area contributed by atoms with Gasteiger partial charge < -0.3 is 4.74 Å². The Bertz CT molecular complexity index is 373. The van der Waals surface area contributed by atoms with Crippen molar-refractivity contribution in [1.29, 1.82) is 0 Å². The van der Waals surface area contributed by atoms with E-state index in [2.05, 4.69) is 10.7 Å². The number of Topliss-reactive ketones (excluding diaryl/α,β-unsaturated/α-hetero) is 1. The number of hydrogen-bond acceptors (Lipinski definition) is 3. The second kappa shape index (κ2) is 4.83. The molecule has 0 fully saturated rings. The quantitative estimate of drug-likeness (QED) is 0.308. The van der Waals surface area contributed by atoms with Crippen molar-refractivity contribution in [2.75, 3.05) is 6.61 Å². The molecule has 0 radical (unpaired) electrons. The highest BCUT2D eigenvalue weighted by Crippen LogP contribution is 2.00. The maximum Gasteiger partial charge on any atom is 0.380 e. The van der Waals surface area contributed by atoms with Crippen molar-refractivity contribution in [3.05, 3.63) is 35.9 Å². The summed E-state index contributed by atoms with van der Waals surface area (Å²) in [5, 5.41) is 0. The number of hydrogen-bond donors (Lipinski definition) is 0. The molecule has 0 spiro atoms. The molecule has 14 heavy (non-hydrogen) atoms. The van der Waals surface area contributed by atoms with E-state index in [4.69, 9.17) is 6.42 Å². The number of carbonyl (C=O) groups is 2. The molecule has 0 amide bonds. The average Bonchev–Trinajstić information content (AvgIpc) is 2.26. The van der Waals surface area contributed by atoms with Crippen LogP contribution < -0.4 is 0 Å². The van der Waals surface area contributed by atoms with Gasteiger partial charge in [-0.3, -0.25) is 4.79 Å². The van der Waals surface area contributed by atoms with Crippen LogP contribution in [0, 0.1) is 12.3 Å². The summed E-state index contributed by atoms with van der Waals surface area (Å²) in [5.41, 5.74) is 0.300. The molecule has 70 valence electrons. The van der Waals surface area contributed by atoms with Gasteiger partial charge in [-0.05, 0) is 0 Å². The Morgan fingerprint density at radius 1 is 1.29 bits per heavy atom. The SMILES string of the molecule is C#CCOC(=O)C(=O)c1ccccc1. The molecule has 0 saturated heterocycles. The molecule has 0 aliphatic carbocycles. The van der Waals surface area contributed by atoms with E-state index in [1.54, 1.807) is 30.3 Å². The zero-order valence-corrected chi connectivity index (χ0v) is 7.40. The number of ether oxygens (including phenoxy) is 1. The average molecular weight is 188 g/mol. The van der Waals surface area contributed by atoms with Gasteiger partial charge in [0, 0.05) is 5.56 Å². The summed E-state index contributed by atoms with van der Waals surface area (Å²) in [6.07, 6.45) is 4.88. The first-order valence-electron chi connectivity index (χ1n) is 3.95. The summed E-state index contributed by atoms with van der Waals surface area (Å²) in [6.45, 7) is -0.183. The van der Waals surface area contributed by atoms with Crippen molar-refractivity contribution >= 4 is 11.8 Å². The maximum absolute atomic E-state index is 11.3. The molecule has 0 aliphatic rings. The Labute approximate surface area is 81.7 Å². The Morgan fingerprint density at radius 3 is 2.50 bits per heavy atom. The Morgan fingerprint density at radius 2 is 1.93 bits per heavy atom. The predicted octanol–water partition coefficient (Wildman–Crippen LogP) is 1.05. The van der Waals surface area contributed by atoms with Crippen LogP contribution in [0.1, 0.15) is 10.4 Å². The van der Waals surface area contributed by atoms with E-state index in [-0.39, 0.29) is 6.61 Å². The van der Waals surface area contributed by atoms with Gasteiger partial charge in [-0.15, -0.1) is 6.42 Å². The van der Waals surface area contributed by atoms with E-state index in [0.717, 1.165) is 0 Å². The van der Waals surface area contributed by atoms with Crippen molar-refractivity contribution in [3.8, 4) is 12.3 Å². The molecule has 3 heteroatoms. The third-order valence-corrected chi connectivity index (χ3v) is 1.51. The van der Waals surface area contributed by atoms with Gasteiger partial charge in [0.2, 0.25) is 0 Å². The van der Waals surface area contributed by atoms with Crippen LogP contribution in [0.4, 0.5) is 0 Å². The van der Waals surface area contributed by atoms with Crippen LogP contribution in [0.2, 0.25) is 0 Å². The van der Waals surface area contributed by atoms with Gasteiger partial charge in [-0.2, -0.15) is 0 Å². The van der Waals surface area contributed by atoms with Gasteiger partial charge >= 0.3 is 5.97 Å². The Kier molecular flexibility index (Phi) is 3.45. The molecule has 0 aromatic heterocycles. The summed E-state index contributed by atoms with van der Waals surface area (Å²) < 4.78 is 4.48. The Hall–Kier alpha value is -2.08. The first-order chi connectivity index (χ1) is 6.75. The largest absolute Gasteiger partial charge is 0.447 e. The molecule has 0 saturated carbocycles. The van der Waals surface area contributed by atoms with Crippen LogP contribution in [0.15, 0.2) is 30.3 Å². The number of terminal acetylenes is 1. The zero-order valence-electron chi connectivity index (χ0n) is 7.40. The van der Waals surface area contributed by atoms with Crippen molar-refractivity contribution < 1.29 is 14.3 Å². The third kappa shape index (κ3) is 2.46. The van der Waals surface area contributed by atoms with Gasteiger partial charge in [0.05, 0.1) is 0 Å². The first kappa shape index (κ1) is 10.0. The summed E-state index contributed by atoms with van der Waals surface area (Å²) >= 11 is 0. The molecule has 0 N–H and O–H groups in total. The summed E-state index contributed by atoms with van der Waals surface area (Å²) in [4.78, 5) is 22.3. The number of rotatable bonds is 3. The molecular weight excluding hydrogens is 180 g/mol. The van der Waals surface area contributed by atoms with Crippen molar-refractivity contribution in [2.45, 2.75) is 0 Å². The molecule has 1 rings (SSSR count). The van der Waals surface area contributed by atoms with Crippen LogP contribution in [-0.2, 0) is 9.53 Å². The highest BCUT2D eigenvalue weighted by atomic mass is 16.5. The minimum Gasteiger partial charge on any atom is -0.447 e. The normalized spacial score (nSPS) is 8.79. The second-order valence-electron chi connectivity index (χ2n) is 2.48. The molecule has 0 bridgehead atoms. The van der Waals surface area contributed by atoms with Crippen molar-refractivity contribution in [3.63, 3.8) is 0 Å². The fourth-order valence-corrected chi connectivity index (χ4v) is 0.880. The summed E-state index contributed by atoms with van der Waals surface area (Å²) in [5.74, 6) is 0.508. The van der Waals surface area contributed by atoms with Crippen molar-refractivity contribution in [1.82, 2.24) is 0 Å². The lowest BCUT2D eigenvalue weighted by molar-refractivity contribution is -0.136. The Balaban J connectivity index is 2.68. The molecule has 0 heterocycles. The van der Waals surface area contributed by atoms with E-state index in [0.29, 0.717) is 5.56 Å². The lowest BCUT2D eigenvalue weighted by atomic mass is 10.1.